The normalized spacial score (nSPS) is 22.6. The van der Waals surface area contributed by atoms with Crippen LogP contribution in [0.25, 0.3) is 0 Å². The largest absolute Gasteiger partial charge is 0.481 e. The molecule has 5 nitrogen and oxygen atoms in total. The van der Waals surface area contributed by atoms with Crippen molar-refractivity contribution in [1.29, 1.82) is 0 Å². The molecule has 0 saturated carbocycles. The van der Waals surface area contributed by atoms with Gasteiger partial charge in [0.2, 0.25) is 0 Å². The first-order valence-corrected chi connectivity index (χ1v) is 6.11. The van der Waals surface area contributed by atoms with E-state index >= 15 is 0 Å². The quantitative estimate of drug-likeness (QED) is 0.840. The van der Waals surface area contributed by atoms with Crippen LogP contribution in [0.3, 0.4) is 0 Å². The minimum Gasteiger partial charge on any atom is -0.481 e. The van der Waals surface area contributed by atoms with Crippen LogP contribution in [0.2, 0.25) is 5.15 Å². The molecule has 7 heteroatoms. The SMILES string of the molecule is CC1CN(C(=O)c2cc(F)cnc2Cl)CC1C(=O)O. The third-order valence-corrected chi connectivity index (χ3v) is 3.55. The number of hydrogen-bond acceptors (Lipinski definition) is 3. The van der Waals surface area contributed by atoms with Gasteiger partial charge in [-0.15, -0.1) is 0 Å². The van der Waals surface area contributed by atoms with Crippen molar-refractivity contribution in [3.8, 4) is 0 Å². The van der Waals surface area contributed by atoms with Gasteiger partial charge < -0.3 is 10.0 Å². The Labute approximate surface area is 114 Å². The number of amides is 1. The minimum atomic E-state index is -0.939. The number of nitrogens with zero attached hydrogens (tertiary/aromatic N) is 2. The van der Waals surface area contributed by atoms with Crippen LogP contribution in [0.4, 0.5) is 4.39 Å². The number of rotatable bonds is 2. The van der Waals surface area contributed by atoms with Crippen LogP contribution in [0.5, 0.6) is 0 Å². The van der Waals surface area contributed by atoms with Crippen LogP contribution in [0.1, 0.15) is 17.3 Å². The molecule has 2 heterocycles. The fourth-order valence-corrected chi connectivity index (χ4v) is 2.38. The highest BCUT2D eigenvalue weighted by atomic mass is 35.5. The Morgan fingerprint density at radius 3 is 2.79 bits per heavy atom. The highest BCUT2D eigenvalue weighted by molar-refractivity contribution is 6.32. The Kier molecular flexibility index (Phi) is 3.71. The van der Waals surface area contributed by atoms with Gasteiger partial charge in [-0.05, 0) is 12.0 Å². The first-order valence-electron chi connectivity index (χ1n) is 5.73. The molecule has 0 bridgehead atoms. The van der Waals surface area contributed by atoms with Gasteiger partial charge >= 0.3 is 5.97 Å². The van der Waals surface area contributed by atoms with Gasteiger partial charge in [-0.3, -0.25) is 9.59 Å². The fourth-order valence-electron chi connectivity index (χ4n) is 2.20. The van der Waals surface area contributed by atoms with Gasteiger partial charge in [0.25, 0.3) is 5.91 Å². The maximum absolute atomic E-state index is 13.1. The molecular weight excluding hydrogens is 275 g/mol. The summed E-state index contributed by atoms with van der Waals surface area (Å²) in [5.41, 5.74) is -0.0418. The molecule has 0 aromatic carbocycles. The highest BCUT2D eigenvalue weighted by Gasteiger charge is 2.37. The van der Waals surface area contributed by atoms with Gasteiger partial charge in [0.15, 0.2) is 0 Å². The van der Waals surface area contributed by atoms with E-state index in [1.165, 1.54) is 4.90 Å². The monoisotopic (exact) mass is 286 g/mol. The first kappa shape index (κ1) is 13.7. The molecule has 2 atom stereocenters. The van der Waals surface area contributed by atoms with Gasteiger partial charge in [0, 0.05) is 13.1 Å². The van der Waals surface area contributed by atoms with Crippen molar-refractivity contribution in [2.24, 2.45) is 11.8 Å². The van der Waals surface area contributed by atoms with Gasteiger partial charge in [-0.1, -0.05) is 18.5 Å². The number of carbonyl (C=O) groups is 2. The molecule has 1 fully saturated rings. The van der Waals surface area contributed by atoms with Crippen LogP contribution in [-0.4, -0.2) is 40.0 Å². The maximum atomic E-state index is 13.1. The van der Waals surface area contributed by atoms with Crippen molar-refractivity contribution in [2.45, 2.75) is 6.92 Å². The maximum Gasteiger partial charge on any atom is 0.308 e. The Morgan fingerprint density at radius 2 is 2.21 bits per heavy atom. The summed E-state index contributed by atoms with van der Waals surface area (Å²) in [6.45, 7) is 2.17. The Bertz CT molecular complexity index is 538. The lowest BCUT2D eigenvalue weighted by Crippen LogP contribution is -2.30. The lowest BCUT2D eigenvalue weighted by atomic mass is 9.99. The summed E-state index contributed by atoms with van der Waals surface area (Å²) in [4.78, 5) is 28.1. The molecule has 1 saturated heterocycles. The third kappa shape index (κ3) is 2.68. The zero-order valence-corrected chi connectivity index (χ0v) is 10.9. The lowest BCUT2D eigenvalue weighted by molar-refractivity contribution is -0.142. The number of likely N-dealkylation sites (tertiary alicyclic amines) is 1. The van der Waals surface area contributed by atoms with Crippen molar-refractivity contribution < 1.29 is 19.1 Å². The number of carboxylic acid groups (broad SMARTS) is 1. The summed E-state index contributed by atoms with van der Waals surface area (Å²) < 4.78 is 13.1. The summed E-state index contributed by atoms with van der Waals surface area (Å²) >= 11 is 5.76. The van der Waals surface area contributed by atoms with E-state index in [0.717, 1.165) is 12.3 Å². The van der Waals surface area contributed by atoms with Crippen LogP contribution < -0.4 is 0 Å². The summed E-state index contributed by atoms with van der Waals surface area (Å²) in [7, 11) is 0. The van der Waals surface area contributed by atoms with E-state index in [2.05, 4.69) is 4.98 Å². The highest BCUT2D eigenvalue weighted by Crippen LogP contribution is 2.26. The predicted octanol–water partition coefficient (Wildman–Crippen LogP) is 1.67. The molecule has 1 aromatic heterocycles. The molecule has 0 radical (unpaired) electrons. The minimum absolute atomic E-state index is 0.0418. The van der Waals surface area contributed by atoms with Gasteiger partial charge in [-0.25, -0.2) is 9.37 Å². The number of aliphatic carboxylic acids is 1. The zero-order valence-electron chi connectivity index (χ0n) is 10.1. The summed E-state index contributed by atoms with van der Waals surface area (Å²) in [5.74, 6) is -2.85. The predicted molar refractivity (Wildman–Crippen MR) is 65.4 cm³/mol. The summed E-state index contributed by atoms with van der Waals surface area (Å²) in [6, 6.07) is 1.01. The molecule has 2 rings (SSSR count). The van der Waals surface area contributed by atoms with E-state index < -0.39 is 23.6 Å². The molecule has 1 aromatic rings. The number of aromatic nitrogens is 1. The first-order chi connectivity index (χ1) is 8.90. The molecule has 102 valence electrons. The van der Waals surface area contributed by atoms with Crippen molar-refractivity contribution >= 4 is 23.5 Å². The second-order valence-electron chi connectivity index (χ2n) is 4.62. The molecule has 0 spiro atoms. The molecule has 19 heavy (non-hydrogen) atoms. The molecule has 2 unspecified atom stereocenters. The lowest BCUT2D eigenvalue weighted by Gasteiger charge is -2.16. The topological polar surface area (TPSA) is 70.5 Å². The summed E-state index contributed by atoms with van der Waals surface area (Å²) in [5, 5.41) is 8.93. The molecule has 0 aliphatic carbocycles. The zero-order chi connectivity index (χ0) is 14.2. The van der Waals surface area contributed by atoms with Crippen molar-refractivity contribution in [1.82, 2.24) is 9.88 Å². The van der Waals surface area contributed by atoms with Gasteiger partial charge in [0.05, 0.1) is 17.7 Å². The summed E-state index contributed by atoms with van der Waals surface area (Å²) in [6.07, 6.45) is 0.922. The number of hydrogen-bond donors (Lipinski definition) is 1. The number of carboxylic acids is 1. The third-order valence-electron chi connectivity index (χ3n) is 3.25. The standard InChI is InChI=1S/C12H12ClFN2O3/c1-6-4-16(5-9(6)12(18)19)11(17)8-2-7(14)3-15-10(8)13/h2-3,6,9H,4-5H2,1H3,(H,18,19). The number of pyridine rings is 1. The van der Waals surface area contributed by atoms with Gasteiger partial charge in [0.1, 0.15) is 11.0 Å². The molecular formula is C12H12ClFN2O3. The Hall–Kier alpha value is -1.69. The van der Waals surface area contributed by atoms with Crippen LogP contribution in [0.15, 0.2) is 12.3 Å². The van der Waals surface area contributed by atoms with Crippen molar-refractivity contribution in [3.05, 3.63) is 28.8 Å². The second-order valence-corrected chi connectivity index (χ2v) is 4.98. The van der Waals surface area contributed by atoms with E-state index in [0.29, 0.717) is 6.54 Å². The smallest absolute Gasteiger partial charge is 0.308 e. The molecule has 1 aliphatic rings. The molecule has 1 aliphatic heterocycles. The van der Waals surface area contributed by atoms with E-state index in [1.54, 1.807) is 6.92 Å². The van der Waals surface area contributed by atoms with Crippen molar-refractivity contribution in [3.63, 3.8) is 0 Å². The van der Waals surface area contributed by atoms with Gasteiger partial charge in [-0.2, -0.15) is 0 Å². The van der Waals surface area contributed by atoms with E-state index in [9.17, 15) is 14.0 Å². The Balaban J connectivity index is 2.22. The van der Waals surface area contributed by atoms with E-state index in [4.69, 9.17) is 16.7 Å². The average Bonchev–Trinajstić information content (AvgIpc) is 2.74. The fraction of sp³-hybridized carbons (Fsp3) is 0.417. The van der Waals surface area contributed by atoms with E-state index in [-0.39, 0.29) is 23.2 Å². The Morgan fingerprint density at radius 1 is 1.53 bits per heavy atom. The number of carbonyl (C=O) groups excluding carboxylic acids is 1. The van der Waals surface area contributed by atoms with Crippen LogP contribution in [0, 0.1) is 17.7 Å². The second kappa shape index (κ2) is 5.13. The molecule has 1 amide bonds. The van der Waals surface area contributed by atoms with Crippen LogP contribution in [-0.2, 0) is 4.79 Å². The average molecular weight is 287 g/mol. The van der Waals surface area contributed by atoms with Crippen LogP contribution >= 0.6 is 11.6 Å². The van der Waals surface area contributed by atoms with E-state index in [1.807, 2.05) is 0 Å². The number of halogens is 2. The van der Waals surface area contributed by atoms with Crippen molar-refractivity contribution in [2.75, 3.05) is 13.1 Å². The molecule has 1 N–H and O–H groups in total.